The molecule has 4 amide bonds. The second-order valence-electron chi connectivity index (χ2n) is 4.16. The van der Waals surface area contributed by atoms with E-state index in [0.717, 1.165) is 0 Å². The summed E-state index contributed by atoms with van der Waals surface area (Å²) in [6.07, 6.45) is -0.274. The zero-order valence-corrected chi connectivity index (χ0v) is 12.2. The van der Waals surface area contributed by atoms with Gasteiger partial charge in [-0.1, -0.05) is 0 Å². The van der Waals surface area contributed by atoms with Crippen LogP contribution < -0.4 is 16.0 Å². The minimum atomic E-state index is -0.766. The van der Waals surface area contributed by atoms with Crippen molar-refractivity contribution in [3.05, 3.63) is 29.8 Å². The van der Waals surface area contributed by atoms with Crippen molar-refractivity contribution >= 4 is 29.5 Å². The van der Waals surface area contributed by atoms with Crippen molar-refractivity contribution in [1.82, 2.24) is 10.6 Å². The molecule has 0 heterocycles. The number of urea groups is 1. The van der Waals surface area contributed by atoms with Crippen LogP contribution in [0.4, 0.5) is 10.5 Å². The van der Waals surface area contributed by atoms with Crippen LogP contribution in [0.5, 0.6) is 0 Å². The molecule has 1 aromatic rings. The van der Waals surface area contributed by atoms with Crippen molar-refractivity contribution in [2.24, 2.45) is 0 Å². The van der Waals surface area contributed by atoms with Gasteiger partial charge in [0.15, 0.2) is 6.61 Å². The van der Waals surface area contributed by atoms with Crippen molar-refractivity contribution < 1.29 is 23.9 Å². The molecule has 1 rings (SSSR count). The summed E-state index contributed by atoms with van der Waals surface area (Å²) in [5.41, 5.74) is 0.579. The average molecular weight is 318 g/mol. The molecule has 0 aromatic heterocycles. The Morgan fingerprint density at radius 3 is 2.35 bits per heavy atom. The van der Waals surface area contributed by atoms with Crippen LogP contribution in [0.3, 0.4) is 0 Å². The van der Waals surface area contributed by atoms with E-state index in [0.29, 0.717) is 5.69 Å². The number of rotatable bonds is 5. The number of carbonyl (C=O) groups excluding carboxylic acids is 4. The number of amides is 4. The Morgan fingerprint density at radius 2 is 1.78 bits per heavy atom. The van der Waals surface area contributed by atoms with Crippen molar-refractivity contribution in [3.8, 4) is 6.07 Å². The lowest BCUT2D eigenvalue weighted by Gasteiger charge is -2.06. The Morgan fingerprint density at radius 1 is 1.13 bits per heavy atom. The number of nitriles is 1. The Labute approximate surface area is 131 Å². The second-order valence-corrected chi connectivity index (χ2v) is 4.16. The fourth-order valence-corrected chi connectivity index (χ4v) is 1.41. The van der Waals surface area contributed by atoms with Gasteiger partial charge in [0.1, 0.15) is 6.42 Å². The molecule has 0 unspecified atom stereocenters. The summed E-state index contributed by atoms with van der Waals surface area (Å²) in [4.78, 5) is 45.1. The normalized spacial score (nSPS) is 9.22. The van der Waals surface area contributed by atoms with Gasteiger partial charge in [0.05, 0.1) is 11.6 Å². The number of ether oxygens (including phenoxy) is 1. The number of benzene rings is 1. The smallest absolute Gasteiger partial charge is 0.338 e. The first-order valence-electron chi connectivity index (χ1n) is 6.41. The quantitative estimate of drug-likeness (QED) is 0.661. The summed E-state index contributed by atoms with van der Waals surface area (Å²) in [5.74, 6) is -1.99. The minimum absolute atomic E-state index is 0.163. The Bertz CT molecular complexity index is 648. The Balaban J connectivity index is 2.51. The molecule has 1 aromatic carbocycles. The van der Waals surface area contributed by atoms with E-state index in [9.17, 15) is 19.2 Å². The highest BCUT2D eigenvalue weighted by Crippen LogP contribution is 2.10. The monoisotopic (exact) mass is 318 g/mol. The minimum Gasteiger partial charge on any atom is -0.452 e. The molecule has 0 fully saturated rings. The zero-order valence-electron chi connectivity index (χ0n) is 12.2. The second kappa shape index (κ2) is 8.78. The number of imide groups is 1. The van der Waals surface area contributed by atoms with Gasteiger partial charge in [0, 0.05) is 12.7 Å². The van der Waals surface area contributed by atoms with Gasteiger partial charge in [0.25, 0.3) is 5.91 Å². The number of nitrogens with one attached hydrogen (secondary N) is 3. The van der Waals surface area contributed by atoms with E-state index >= 15 is 0 Å². The van der Waals surface area contributed by atoms with Crippen molar-refractivity contribution in [2.45, 2.75) is 6.42 Å². The first kappa shape index (κ1) is 17.6. The van der Waals surface area contributed by atoms with Crippen molar-refractivity contribution in [3.63, 3.8) is 0 Å². The topological polar surface area (TPSA) is 137 Å². The lowest BCUT2D eigenvalue weighted by Crippen LogP contribution is -2.39. The highest BCUT2D eigenvalue weighted by atomic mass is 16.5. The van der Waals surface area contributed by atoms with Gasteiger partial charge in [-0.25, -0.2) is 9.59 Å². The van der Waals surface area contributed by atoms with Gasteiger partial charge in [-0.2, -0.15) is 5.26 Å². The molecule has 0 radical (unpaired) electrons. The fraction of sp³-hybridized carbons (Fsp3) is 0.214. The molecule has 0 atom stereocenters. The zero-order chi connectivity index (χ0) is 17.2. The third-order valence-corrected chi connectivity index (χ3v) is 2.46. The highest BCUT2D eigenvalue weighted by molar-refractivity contribution is 5.97. The molecular weight excluding hydrogens is 304 g/mol. The van der Waals surface area contributed by atoms with Crippen LogP contribution in [-0.4, -0.2) is 37.5 Å². The van der Waals surface area contributed by atoms with E-state index in [1.165, 1.54) is 31.3 Å². The molecular formula is C14H14N4O5. The van der Waals surface area contributed by atoms with Crippen LogP contribution in [0.1, 0.15) is 16.8 Å². The van der Waals surface area contributed by atoms with Crippen LogP contribution in [0, 0.1) is 11.3 Å². The third-order valence-electron chi connectivity index (χ3n) is 2.46. The maximum Gasteiger partial charge on any atom is 0.338 e. The van der Waals surface area contributed by atoms with Crippen LogP contribution in [0.2, 0.25) is 0 Å². The summed E-state index contributed by atoms with van der Waals surface area (Å²) in [5, 5.41) is 15.0. The van der Waals surface area contributed by atoms with E-state index in [2.05, 4.69) is 10.6 Å². The van der Waals surface area contributed by atoms with Crippen LogP contribution >= 0.6 is 0 Å². The molecule has 0 aliphatic heterocycles. The van der Waals surface area contributed by atoms with Gasteiger partial charge in [-0.15, -0.1) is 0 Å². The first-order chi connectivity index (χ1) is 11.0. The lowest BCUT2D eigenvalue weighted by atomic mass is 10.2. The van der Waals surface area contributed by atoms with Gasteiger partial charge < -0.3 is 15.4 Å². The molecule has 9 heteroatoms. The Kier molecular flexibility index (Phi) is 6.74. The Hall–Kier alpha value is -3.41. The van der Waals surface area contributed by atoms with Crippen LogP contribution in [0.25, 0.3) is 0 Å². The van der Waals surface area contributed by atoms with Gasteiger partial charge >= 0.3 is 12.0 Å². The number of nitrogens with zero attached hydrogens (tertiary/aromatic N) is 1. The largest absolute Gasteiger partial charge is 0.452 e. The molecule has 0 aliphatic carbocycles. The van der Waals surface area contributed by atoms with Gasteiger partial charge in [0.2, 0.25) is 5.91 Å². The first-order valence-corrected chi connectivity index (χ1v) is 6.41. The van der Waals surface area contributed by atoms with E-state index in [-0.39, 0.29) is 12.0 Å². The molecule has 23 heavy (non-hydrogen) atoms. The number of hydrogen-bond acceptors (Lipinski definition) is 6. The van der Waals surface area contributed by atoms with Crippen LogP contribution in [-0.2, 0) is 14.3 Å². The molecule has 0 bridgehead atoms. The predicted molar refractivity (Wildman–Crippen MR) is 78.2 cm³/mol. The molecule has 0 saturated heterocycles. The SMILES string of the molecule is CNC(=O)NC(=O)COC(=O)c1ccc(NC(=O)CC#N)cc1. The maximum absolute atomic E-state index is 11.7. The summed E-state index contributed by atoms with van der Waals surface area (Å²) < 4.78 is 4.73. The van der Waals surface area contributed by atoms with E-state index in [4.69, 9.17) is 10.00 Å². The van der Waals surface area contributed by atoms with Gasteiger partial charge in [-0.3, -0.25) is 14.9 Å². The fourth-order valence-electron chi connectivity index (χ4n) is 1.41. The van der Waals surface area contributed by atoms with Crippen molar-refractivity contribution in [2.75, 3.05) is 19.0 Å². The average Bonchev–Trinajstić information content (AvgIpc) is 2.53. The molecule has 3 N–H and O–H groups in total. The van der Waals surface area contributed by atoms with E-state index in [1.807, 2.05) is 5.32 Å². The number of esters is 1. The summed E-state index contributed by atoms with van der Waals surface area (Å²) in [6.45, 7) is -0.604. The molecule has 9 nitrogen and oxygen atoms in total. The maximum atomic E-state index is 11.7. The molecule has 120 valence electrons. The highest BCUT2D eigenvalue weighted by Gasteiger charge is 2.12. The molecule has 0 spiro atoms. The third kappa shape index (κ3) is 6.26. The van der Waals surface area contributed by atoms with E-state index < -0.39 is 30.4 Å². The lowest BCUT2D eigenvalue weighted by molar-refractivity contribution is -0.123. The van der Waals surface area contributed by atoms with Crippen LogP contribution in [0.15, 0.2) is 24.3 Å². The number of hydrogen-bond donors (Lipinski definition) is 3. The van der Waals surface area contributed by atoms with E-state index in [1.54, 1.807) is 6.07 Å². The van der Waals surface area contributed by atoms with Gasteiger partial charge in [-0.05, 0) is 24.3 Å². The summed E-state index contributed by atoms with van der Waals surface area (Å²) >= 11 is 0. The number of carbonyl (C=O) groups is 4. The molecule has 0 aliphatic rings. The molecule has 0 saturated carbocycles. The number of anilines is 1. The van der Waals surface area contributed by atoms with Crippen molar-refractivity contribution in [1.29, 1.82) is 5.26 Å². The summed E-state index contributed by atoms with van der Waals surface area (Å²) in [6, 6.07) is 6.69. The standard InChI is InChI=1S/C14H14N4O5/c1-16-14(22)18-12(20)8-23-13(21)9-2-4-10(5-3-9)17-11(19)6-7-15/h2-5H,6,8H2,1H3,(H,17,19)(H2,16,18,20,22). The summed E-state index contributed by atoms with van der Waals surface area (Å²) in [7, 11) is 1.34. The predicted octanol–water partition coefficient (Wildman–Crippen LogP) is 0.151.